The Kier molecular flexibility index (Phi) is 5.05. The van der Waals surface area contributed by atoms with E-state index in [1.54, 1.807) is 11.1 Å². The summed E-state index contributed by atoms with van der Waals surface area (Å²) in [6.45, 7) is 4.94. The zero-order chi connectivity index (χ0) is 20.5. The van der Waals surface area contributed by atoms with E-state index in [0.717, 1.165) is 16.6 Å². The third-order valence-corrected chi connectivity index (χ3v) is 5.49. The molecule has 0 unspecified atom stereocenters. The Labute approximate surface area is 169 Å². The fourth-order valence-electron chi connectivity index (χ4n) is 3.83. The molecule has 0 atom stereocenters. The van der Waals surface area contributed by atoms with E-state index in [-0.39, 0.29) is 17.9 Å². The first-order chi connectivity index (χ1) is 14.0. The molecule has 1 saturated heterocycles. The lowest BCUT2D eigenvalue weighted by Crippen LogP contribution is -2.40. The van der Waals surface area contributed by atoms with Crippen molar-refractivity contribution in [2.24, 2.45) is 5.92 Å². The number of carbonyl (C=O) groups is 2. The fourth-order valence-corrected chi connectivity index (χ4v) is 3.83. The fraction of sp³-hybridized carbons (Fsp3) is 0.364. The second-order valence-corrected chi connectivity index (χ2v) is 7.75. The molecule has 4 rings (SSSR count). The van der Waals surface area contributed by atoms with Crippen LogP contribution in [0.15, 0.2) is 42.6 Å². The van der Waals surface area contributed by atoms with Gasteiger partial charge in [0.2, 0.25) is 0 Å². The monoisotopic (exact) mass is 392 g/mol. The Morgan fingerprint density at radius 3 is 2.45 bits per heavy atom. The largest absolute Gasteiger partial charge is 0.481 e. The van der Waals surface area contributed by atoms with Crippen LogP contribution >= 0.6 is 0 Å². The number of benzene rings is 1. The number of nitrogens with zero attached hydrogens (tertiary/aromatic N) is 4. The van der Waals surface area contributed by atoms with Gasteiger partial charge in [0.15, 0.2) is 5.65 Å². The van der Waals surface area contributed by atoms with E-state index < -0.39 is 5.97 Å². The van der Waals surface area contributed by atoms with Crippen LogP contribution in [0.2, 0.25) is 0 Å². The SMILES string of the molecule is CC(C)n1ncc2c(C(=O)N3CCC(C(=O)O)CC3)cc(-c3ccccc3)nc21. The molecular weight excluding hydrogens is 368 g/mol. The molecule has 1 fully saturated rings. The van der Waals surface area contributed by atoms with Gasteiger partial charge in [-0.05, 0) is 32.8 Å². The lowest BCUT2D eigenvalue weighted by molar-refractivity contribution is -0.143. The number of piperidine rings is 1. The van der Waals surface area contributed by atoms with Crippen molar-refractivity contribution >= 4 is 22.9 Å². The molecule has 7 heteroatoms. The Hall–Kier alpha value is -3.22. The van der Waals surface area contributed by atoms with Crippen molar-refractivity contribution in [3.05, 3.63) is 48.2 Å². The molecule has 2 aromatic heterocycles. The van der Waals surface area contributed by atoms with Crippen molar-refractivity contribution in [2.75, 3.05) is 13.1 Å². The van der Waals surface area contributed by atoms with Gasteiger partial charge in [0, 0.05) is 24.7 Å². The zero-order valence-electron chi connectivity index (χ0n) is 16.6. The van der Waals surface area contributed by atoms with E-state index in [9.17, 15) is 14.7 Å². The molecule has 3 aromatic rings. The van der Waals surface area contributed by atoms with Gasteiger partial charge in [-0.25, -0.2) is 9.67 Å². The van der Waals surface area contributed by atoms with Crippen LogP contribution in [-0.4, -0.2) is 49.7 Å². The average Bonchev–Trinajstić information content (AvgIpc) is 3.17. The number of hydrogen-bond donors (Lipinski definition) is 1. The van der Waals surface area contributed by atoms with Gasteiger partial charge in [0.25, 0.3) is 5.91 Å². The minimum atomic E-state index is -0.784. The van der Waals surface area contributed by atoms with Gasteiger partial charge in [-0.3, -0.25) is 9.59 Å². The molecule has 0 radical (unpaired) electrons. The highest BCUT2D eigenvalue weighted by Gasteiger charge is 2.29. The number of pyridine rings is 1. The molecule has 29 heavy (non-hydrogen) atoms. The number of carboxylic acid groups (broad SMARTS) is 1. The predicted molar refractivity (Wildman–Crippen MR) is 110 cm³/mol. The molecule has 0 saturated carbocycles. The maximum absolute atomic E-state index is 13.4. The molecule has 7 nitrogen and oxygen atoms in total. The van der Waals surface area contributed by atoms with Crippen molar-refractivity contribution < 1.29 is 14.7 Å². The van der Waals surface area contributed by atoms with Gasteiger partial charge in [-0.15, -0.1) is 0 Å². The van der Waals surface area contributed by atoms with Crippen LogP contribution in [0.25, 0.3) is 22.3 Å². The number of hydrogen-bond acceptors (Lipinski definition) is 4. The highest BCUT2D eigenvalue weighted by atomic mass is 16.4. The summed E-state index contributed by atoms with van der Waals surface area (Å²) < 4.78 is 1.83. The highest BCUT2D eigenvalue weighted by molar-refractivity contribution is 6.06. The molecule has 1 aliphatic heterocycles. The Morgan fingerprint density at radius 2 is 1.83 bits per heavy atom. The number of rotatable bonds is 4. The molecule has 0 aliphatic carbocycles. The van der Waals surface area contributed by atoms with E-state index in [1.807, 2.05) is 54.9 Å². The summed E-state index contributed by atoms with van der Waals surface area (Å²) in [6.07, 6.45) is 2.66. The van der Waals surface area contributed by atoms with Crippen LogP contribution in [0.5, 0.6) is 0 Å². The Balaban J connectivity index is 1.77. The summed E-state index contributed by atoms with van der Waals surface area (Å²) in [4.78, 5) is 31.1. The molecule has 0 bridgehead atoms. The van der Waals surface area contributed by atoms with E-state index in [0.29, 0.717) is 37.1 Å². The van der Waals surface area contributed by atoms with Gasteiger partial charge in [0.05, 0.1) is 28.8 Å². The van der Waals surface area contributed by atoms with Crippen LogP contribution in [-0.2, 0) is 4.79 Å². The lowest BCUT2D eigenvalue weighted by Gasteiger charge is -2.30. The number of carbonyl (C=O) groups excluding carboxylic acids is 1. The van der Waals surface area contributed by atoms with Gasteiger partial charge in [-0.1, -0.05) is 30.3 Å². The number of fused-ring (bicyclic) bond motifs is 1. The summed E-state index contributed by atoms with van der Waals surface area (Å²) >= 11 is 0. The van der Waals surface area contributed by atoms with Crippen molar-refractivity contribution in [2.45, 2.75) is 32.7 Å². The third kappa shape index (κ3) is 3.60. The topological polar surface area (TPSA) is 88.3 Å². The zero-order valence-corrected chi connectivity index (χ0v) is 16.6. The second-order valence-electron chi connectivity index (χ2n) is 7.75. The van der Waals surface area contributed by atoms with Crippen LogP contribution in [0, 0.1) is 5.92 Å². The first-order valence-corrected chi connectivity index (χ1v) is 9.91. The molecule has 3 heterocycles. The number of aliphatic carboxylic acids is 1. The number of likely N-dealkylation sites (tertiary alicyclic amines) is 1. The van der Waals surface area contributed by atoms with Crippen LogP contribution < -0.4 is 0 Å². The van der Waals surface area contributed by atoms with Gasteiger partial charge in [-0.2, -0.15) is 5.10 Å². The first kappa shape index (κ1) is 19.1. The van der Waals surface area contributed by atoms with Gasteiger partial charge < -0.3 is 10.0 Å². The second kappa shape index (κ2) is 7.66. The number of amides is 1. The third-order valence-electron chi connectivity index (χ3n) is 5.49. The van der Waals surface area contributed by atoms with Crippen molar-refractivity contribution in [3.8, 4) is 11.3 Å². The van der Waals surface area contributed by atoms with Crippen LogP contribution in [0.3, 0.4) is 0 Å². The van der Waals surface area contributed by atoms with Crippen molar-refractivity contribution in [3.63, 3.8) is 0 Å². The quantitative estimate of drug-likeness (QED) is 0.733. The van der Waals surface area contributed by atoms with E-state index >= 15 is 0 Å². The van der Waals surface area contributed by atoms with Crippen molar-refractivity contribution in [1.29, 1.82) is 0 Å². The van der Waals surface area contributed by atoms with E-state index in [2.05, 4.69) is 5.10 Å². The summed E-state index contributed by atoms with van der Waals surface area (Å²) in [5, 5.41) is 14.4. The first-order valence-electron chi connectivity index (χ1n) is 9.91. The molecule has 0 spiro atoms. The molecule has 1 amide bonds. The maximum Gasteiger partial charge on any atom is 0.306 e. The number of carboxylic acids is 1. The summed E-state index contributed by atoms with van der Waals surface area (Å²) in [5.41, 5.74) is 2.91. The maximum atomic E-state index is 13.4. The van der Waals surface area contributed by atoms with Crippen molar-refractivity contribution in [1.82, 2.24) is 19.7 Å². The summed E-state index contributed by atoms with van der Waals surface area (Å²) in [5.74, 6) is -1.25. The average molecular weight is 392 g/mol. The summed E-state index contributed by atoms with van der Waals surface area (Å²) in [7, 11) is 0. The molecule has 1 aliphatic rings. The van der Waals surface area contributed by atoms with E-state index in [1.165, 1.54) is 0 Å². The van der Waals surface area contributed by atoms with E-state index in [4.69, 9.17) is 4.98 Å². The van der Waals surface area contributed by atoms with Gasteiger partial charge >= 0.3 is 5.97 Å². The lowest BCUT2D eigenvalue weighted by atomic mass is 9.96. The molecule has 1 N–H and O–H groups in total. The standard InChI is InChI=1S/C22H24N4O3/c1-14(2)26-20-18(13-23-26)17(12-19(24-20)15-6-4-3-5-7-15)21(27)25-10-8-16(9-11-25)22(28)29/h3-7,12-14,16H,8-11H2,1-2H3,(H,28,29). The minimum absolute atomic E-state index is 0.0956. The summed E-state index contributed by atoms with van der Waals surface area (Å²) in [6, 6.07) is 11.7. The highest BCUT2D eigenvalue weighted by Crippen LogP contribution is 2.28. The van der Waals surface area contributed by atoms with Gasteiger partial charge in [0.1, 0.15) is 0 Å². The smallest absolute Gasteiger partial charge is 0.306 e. The Bertz CT molecular complexity index is 1050. The minimum Gasteiger partial charge on any atom is -0.481 e. The van der Waals surface area contributed by atoms with Crippen LogP contribution in [0.1, 0.15) is 43.1 Å². The normalized spacial score (nSPS) is 15.2. The predicted octanol–water partition coefficient (Wildman–Crippen LogP) is 3.62. The molecule has 150 valence electrons. The Morgan fingerprint density at radius 1 is 1.14 bits per heavy atom. The molecular formula is C22H24N4O3. The van der Waals surface area contributed by atoms with Crippen LogP contribution in [0.4, 0.5) is 0 Å². The molecule has 1 aromatic carbocycles. The number of aromatic nitrogens is 3.